The maximum atomic E-state index is 11.1. The molecule has 0 radical (unpaired) electrons. The van der Waals surface area contributed by atoms with E-state index in [2.05, 4.69) is 5.32 Å². The van der Waals surface area contributed by atoms with Gasteiger partial charge in [0.15, 0.2) is 0 Å². The molecule has 1 saturated heterocycles. The summed E-state index contributed by atoms with van der Waals surface area (Å²) >= 11 is 0. The van der Waals surface area contributed by atoms with Crippen LogP contribution in [0, 0.1) is 11.8 Å². The van der Waals surface area contributed by atoms with Crippen molar-refractivity contribution in [1.82, 2.24) is 5.32 Å². The quantitative estimate of drug-likeness (QED) is 0.531. The van der Waals surface area contributed by atoms with E-state index in [1.165, 1.54) is 19.3 Å². The van der Waals surface area contributed by atoms with Crippen LogP contribution in [-0.2, 0) is 4.79 Å². The first kappa shape index (κ1) is 6.20. The van der Waals surface area contributed by atoms with Gasteiger partial charge in [0, 0.05) is 12.5 Å². The minimum Gasteiger partial charge on any atom is -0.356 e. The first-order valence-corrected chi connectivity index (χ1v) is 4.15. The average molecular weight is 139 g/mol. The predicted molar refractivity (Wildman–Crippen MR) is 38.5 cm³/mol. The first-order chi connectivity index (χ1) is 4.88. The van der Waals surface area contributed by atoms with Gasteiger partial charge in [-0.05, 0) is 18.8 Å². The highest BCUT2D eigenvalue weighted by Gasteiger charge is 2.35. The molecule has 1 N–H and O–H groups in total. The smallest absolute Gasteiger partial charge is 0.223 e. The molecule has 1 heterocycles. The third-order valence-electron chi connectivity index (χ3n) is 2.78. The van der Waals surface area contributed by atoms with Crippen molar-refractivity contribution in [3.8, 4) is 0 Å². The van der Waals surface area contributed by atoms with Crippen LogP contribution in [0.4, 0.5) is 0 Å². The van der Waals surface area contributed by atoms with E-state index < -0.39 is 0 Å². The molecule has 0 spiro atoms. The van der Waals surface area contributed by atoms with Gasteiger partial charge in [-0.3, -0.25) is 4.79 Å². The lowest BCUT2D eigenvalue weighted by molar-refractivity contribution is -0.123. The van der Waals surface area contributed by atoms with Crippen molar-refractivity contribution >= 4 is 5.91 Å². The molecule has 1 saturated carbocycles. The van der Waals surface area contributed by atoms with E-state index in [1.807, 2.05) is 0 Å². The lowest BCUT2D eigenvalue weighted by Gasteiger charge is -2.21. The molecule has 0 bridgehead atoms. The summed E-state index contributed by atoms with van der Waals surface area (Å²) in [5.41, 5.74) is 0. The topological polar surface area (TPSA) is 29.1 Å². The number of carbonyl (C=O) groups is 1. The third kappa shape index (κ3) is 0.825. The Hall–Kier alpha value is -0.530. The second-order valence-corrected chi connectivity index (χ2v) is 3.40. The maximum absolute atomic E-state index is 11.1. The Kier molecular flexibility index (Phi) is 1.40. The van der Waals surface area contributed by atoms with Crippen LogP contribution in [0.5, 0.6) is 0 Å². The van der Waals surface area contributed by atoms with Crippen molar-refractivity contribution in [3.63, 3.8) is 0 Å². The van der Waals surface area contributed by atoms with Crippen molar-refractivity contribution < 1.29 is 4.79 Å². The van der Waals surface area contributed by atoms with Crippen LogP contribution in [-0.4, -0.2) is 12.5 Å². The monoisotopic (exact) mass is 139 g/mol. The molecule has 1 aliphatic carbocycles. The summed E-state index contributed by atoms with van der Waals surface area (Å²) in [4.78, 5) is 11.1. The van der Waals surface area contributed by atoms with Gasteiger partial charge >= 0.3 is 0 Å². The van der Waals surface area contributed by atoms with E-state index in [0.29, 0.717) is 17.7 Å². The van der Waals surface area contributed by atoms with Crippen LogP contribution in [0.25, 0.3) is 0 Å². The average Bonchev–Trinajstić information content (AvgIpc) is 2.34. The standard InChI is InChI=1S/C8H13NO/c10-8-7-4-2-1-3-6(7)5-9-8/h6-7H,1-5H2,(H,9,10)/t6-,7+/m0/s1. The molecule has 2 fully saturated rings. The highest BCUT2D eigenvalue weighted by molar-refractivity contribution is 5.81. The van der Waals surface area contributed by atoms with E-state index in [-0.39, 0.29) is 0 Å². The molecular weight excluding hydrogens is 126 g/mol. The summed E-state index contributed by atoms with van der Waals surface area (Å²) in [6.07, 6.45) is 4.99. The summed E-state index contributed by atoms with van der Waals surface area (Å²) < 4.78 is 0. The van der Waals surface area contributed by atoms with E-state index >= 15 is 0 Å². The van der Waals surface area contributed by atoms with Crippen LogP contribution in [0.15, 0.2) is 0 Å². The first-order valence-electron chi connectivity index (χ1n) is 4.15. The number of hydrogen-bond donors (Lipinski definition) is 1. The molecule has 0 unspecified atom stereocenters. The molecule has 2 rings (SSSR count). The SMILES string of the molecule is O=C1NC[C@@H]2CCCC[C@@H]12. The van der Waals surface area contributed by atoms with Gasteiger partial charge in [0.05, 0.1) is 0 Å². The molecule has 1 aliphatic heterocycles. The molecule has 2 atom stereocenters. The molecule has 1 amide bonds. The lowest BCUT2D eigenvalue weighted by atomic mass is 9.81. The van der Waals surface area contributed by atoms with Crippen LogP contribution in [0.3, 0.4) is 0 Å². The Morgan fingerprint density at radius 3 is 2.90 bits per heavy atom. The maximum Gasteiger partial charge on any atom is 0.223 e. The van der Waals surface area contributed by atoms with Gasteiger partial charge in [-0.15, -0.1) is 0 Å². The zero-order chi connectivity index (χ0) is 6.97. The van der Waals surface area contributed by atoms with Gasteiger partial charge in [-0.25, -0.2) is 0 Å². The molecular formula is C8H13NO. The summed E-state index contributed by atoms with van der Waals surface area (Å²) in [6.45, 7) is 0.948. The normalized spacial score (nSPS) is 39.0. The van der Waals surface area contributed by atoms with Crippen LogP contribution in [0.1, 0.15) is 25.7 Å². The molecule has 0 aromatic carbocycles. The van der Waals surface area contributed by atoms with Crippen molar-refractivity contribution in [2.45, 2.75) is 25.7 Å². The molecule has 2 nitrogen and oxygen atoms in total. The Morgan fingerprint density at radius 1 is 1.30 bits per heavy atom. The number of carbonyl (C=O) groups excluding carboxylic acids is 1. The fraction of sp³-hybridized carbons (Fsp3) is 0.875. The Morgan fingerprint density at radius 2 is 2.10 bits per heavy atom. The fourth-order valence-corrected chi connectivity index (χ4v) is 2.16. The molecule has 2 aliphatic rings. The highest BCUT2D eigenvalue weighted by atomic mass is 16.2. The zero-order valence-corrected chi connectivity index (χ0v) is 6.10. The molecule has 56 valence electrons. The van der Waals surface area contributed by atoms with Crippen LogP contribution < -0.4 is 5.32 Å². The van der Waals surface area contributed by atoms with Crippen LogP contribution in [0.2, 0.25) is 0 Å². The number of rotatable bonds is 0. The largest absolute Gasteiger partial charge is 0.356 e. The second kappa shape index (κ2) is 2.26. The predicted octanol–water partition coefficient (Wildman–Crippen LogP) is 0.923. The van der Waals surface area contributed by atoms with Crippen molar-refractivity contribution in [1.29, 1.82) is 0 Å². The van der Waals surface area contributed by atoms with Gasteiger partial charge in [0.2, 0.25) is 5.91 Å². The van der Waals surface area contributed by atoms with Crippen molar-refractivity contribution in [2.24, 2.45) is 11.8 Å². The molecule has 0 aromatic heterocycles. The molecule has 2 heteroatoms. The Bertz CT molecular complexity index is 155. The minimum atomic E-state index is 0.310. The van der Waals surface area contributed by atoms with E-state index in [4.69, 9.17) is 0 Å². The van der Waals surface area contributed by atoms with Crippen molar-refractivity contribution in [2.75, 3.05) is 6.54 Å². The molecule has 10 heavy (non-hydrogen) atoms. The van der Waals surface area contributed by atoms with Crippen LogP contribution >= 0.6 is 0 Å². The Balaban J connectivity index is 2.08. The summed E-state index contributed by atoms with van der Waals surface area (Å²) in [5.74, 6) is 1.37. The number of nitrogens with one attached hydrogen (secondary N) is 1. The number of hydrogen-bond acceptors (Lipinski definition) is 1. The number of amides is 1. The molecule has 0 aromatic rings. The van der Waals surface area contributed by atoms with E-state index in [1.54, 1.807) is 0 Å². The summed E-state index contributed by atoms with van der Waals surface area (Å²) in [5, 5.41) is 2.92. The van der Waals surface area contributed by atoms with Gasteiger partial charge in [0.25, 0.3) is 0 Å². The minimum absolute atomic E-state index is 0.310. The van der Waals surface area contributed by atoms with Gasteiger partial charge in [0.1, 0.15) is 0 Å². The van der Waals surface area contributed by atoms with Gasteiger partial charge < -0.3 is 5.32 Å². The van der Waals surface area contributed by atoms with Gasteiger partial charge in [-0.1, -0.05) is 12.8 Å². The highest BCUT2D eigenvalue weighted by Crippen LogP contribution is 2.32. The van der Waals surface area contributed by atoms with Crippen molar-refractivity contribution in [3.05, 3.63) is 0 Å². The summed E-state index contributed by atoms with van der Waals surface area (Å²) in [7, 11) is 0. The number of fused-ring (bicyclic) bond motifs is 1. The van der Waals surface area contributed by atoms with E-state index in [0.717, 1.165) is 13.0 Å². The van der Waals surface area contributed by atoms with Gasteiger partial charge in [-0.2, -0.15) is 0 Å². The summed E-state index contributed by atoms with van der Waals surface area (Å²) in [6, 6.07) is 0. The Labute approximate surface area is 61.0 Å². The lowest BCUT2D eigenvalue weighted by Crippen LogP contribution is -2.21. The third-order valence-corrected chi connectivity index (χ3v) is 2.78. The second-order valence-electron chi connectivity index (χ2n) is 3.40. The fourth-order valence-electron chi connectivity index (χ4n) is 2.16. The van der Waals surface area contributed by atoms with E-state index in [9.17, 15) is 4.79 Å². The zero-order valence-electron chi connectivity index (χ0n) is 6.10.